The molecule has 0 atom stereocenters. The van der Waals surface area contributed by atoms with Crippen LogP contribution in [0.15, 0.2) is 41.5 Å². The number of methoxy groups -OCH3 is 1. The van der Waals surface area contributed by atoms with Crippen molar-refractivity contribution >= 4 is 5.96 Å². The summed E-state index contributed by atoms with van der Waals surface area (Å²) in [4.78, 5) is 3.91. The summed E-state index contributed by atoms with van der Waals surface area (Å²) < 4.78 is 6.86. The summed E-state index contributed by atoms with van der Waals surface area (Å²) in [6, 6.07) is 9.49. The van der Waals surface area contributed by atoms with E-state index < -0.39 is 0 Å². The lowest BCUT2D eigenvalue weighted by Gasteiger charge is -2.03. The van der Waals surface area contributed by atoms with E-state index in [0.29, 0.717) is 6.54 Å². The molecule has 1 aromatic heterocycles. The summed E-state index contributed by atoms with van der Waals surface area (Å²) >= 11 is 0. The highest BCUT2D eigenvalue weighted by molar-refractivity contribution is 5.75. The average molecular weight is 245 g/mol. The number of hydrogen-bond acceptors (Lipinski definition) is 3. The Morgan fingerprint density at radius 1 is 1.28 bits per heavy atom. The number of nitrogens with two attached hydrogens (primary N) is 2. The molecule has 4 N–H and O–H groups in total. The zero-order valence-corrected chi connectivity index (χ0v) is 10.1. The Balaban J connectivity index is 2.15. The summed E-state index contributed by atoms with van der Waals surface area (Å²) in [7, 11) is 1.64. The Hall–Kier alpha value is -2.50. The van der Waals surface area contributed by atoms with Crippen LogP contribution in [0, 0.1) is 0 Å². The first-order valence-electron chi connectivity index (χ1n) is 5.43. The molecule has 18 heavy (non-hydrogen) atoms. The molecule has 0 fully saturated rings. The number of nitrogens with zero attached hydrogens (tertiary/aromatic N) is 3. The van der Waals surface area contributed by atoms with E-state index in [-0.39, 0.29) is 5.96 Å². The van der Waals surface area contributed by atoms with E-state index in [4.69, 9.17) is 16.2 Å². The minimum atomic E-state index is 0.0639. The third kappa shape index (κ3) is 2.79. The number of guanidine groups is 1. The van der Waals surface area contributed by atoms with Gasteiger partial charge in [-0.2, -0.15) is 5.10 Å². The van der Waals surface area contributed by atoms with Crippen LogP contribution in [0.3, 0.4) is 0 Å². The number of benzene rings is 1. The fraction of sp³-hybridized carbons (Fsp3) is 0.167. The molecule has 0 unspecified atom stereocenters. The monoisotopic (exact) mass is 245 g/mol. The van der Waals surface area contributed by atoms with Crippen molar-refractivity contribution in [1.82, 2.24) is 9.78 Å². The second-order valence-electron chi connectivity index (χ2n) is 3.69. The van der Waals surface area contributed by atoms with E-state index in [2.05, 4.69) is 10.1 Å². The van der Waals surface area contributed by atoms with Gasteiger partial charge in [-0.3, -0.25) is 0 Å². The number of ether oxygens (including phenoxy) is 1. The molecule has 2 aromatic rings. The highest BCUT2D eigenvalue weighted by Crippen LogP contribution is 2.14. The lowest BCUT2D eigenvalue weighted by Crippen LogP contribution is -2.22. The maximum absolute atomic E-state index is 5.27. The Morgan fingerprint density at radius 3 is 2.61 bits per heavy atom. The van der Waals surface area contributed by atoms with E-state index in [0.717, 1.165) is 17.1 Å². The van der Waals surface area contributed by atoms with Crippen LogP contribution in [0.1, 0.15) is 5.69 Å². The molecule has 0 spiro atoms. The van der Waals surface area contributed by atoms with Crippen LogP contribution in [0.5, 0.6) is 5.75 Å². The number of rotatable bonds is 4. The maximum atomic E-state index is 5.27. The van der Waals surface area contributed by atoms with Crippen LogP contribution in [0.2, 0.25) is 0 Å². The molecule has 0 bridgehead atoms. The van der Waals surface area contributed by atoms with Crippen molar-refractivity contribution in [2.75, 3.05) is 7.11 Å². The maximum Gasteiger partial charge on any atom is 0.186 e. The van der Waals surface area contributed by atoms with Crippen molar-refractivity contribution in [2.24, 2.45) is 16.5 Å². The minimum absolute atomic E-state index is 0.0639. The van der Waals surface area contributed by atoms with Gasteiger partial charge in [-0.1, -0.05) is 0 Å². The fourth-order valence-corrected chi connectivity index (χ4v) is 1.50. The summed E-state index contributed by atoms with van der Waals surface area (Å²) in [6.07, 6.45) is 1.86. The van der Waals surface area contributed by atoms with Gasteiger partial charge in [0, 0.05) is 6.20 Å². The van der Waals surface area contributed by atoms with Gasteiger partial charge in [0.05, 0.1) is 25.0 Å². The molecule has 0 aliphatic rings. The van der Waals surface area contributed by atoms with E-state index in [1.165, 1.54) is 0 Å². The van der Waals surface area contributed by atoms with Gasteiger partial charge >= 0.3 is 0 Å². The van der Waals surface area contributed by atoms with Crippen LogP contribution in [-0.2, 0) is 6.54 Å². The zero-order valence-electron chi connectivity index (χ0n) is 10.1. The quantitative estimate of drug-likeness (QED) is 0.611. The topological polar surface area (TPSA) is 91.5 Å². The second-order valence-corrected chi connectivity index (χ2v) is 3.69. The third-order valence-electron chi connectivity index (χ3n) is 2.40. The van der Waals surface area contributed by atoms with E-state index in [1.807, 2.05) is 36.5 Å². The van der Waals surface area contributed by atoms with Crippen LogP contribution < -0.4 is 16.2 Å². The minimum Gasteiger partial charge on any atom is -0.497 e. The lowest BCUT2D eigenvalue weighted by atomic mass is 10.3. The van der Waals surface area contributed by atoms with Gasteiger partial charge in [-0.25, -0.2) is 9.67 Å². The predicted octanol–water partition coefficient (Wildman–Crippen LogP) is 0.654. The normalized spacial score (nSPS) is 10.1. The molecule has 1 heterocycles. The number of aliphatic imine (C=N–C) groups is 1. The number of aromatic nitrogens is 2. The first-order valence-corrected chi connectivity index (χ1v) is 5.43. The molecule has 2 rings (SSSR count). The smallest absolute Gasteiger partial charge is 0.186 e. The van der Waals surface area contributed by atoms with Crippen LogP contribution in [-0.4, -0.2) is 22.8 Å². The van der Waals surface area contributed by atoms with Gasteiger partial charge in [0.2, 0.25) is 0 Å². The number of hydrogen-bond donors (Lipinski definition) is 2. The Morgan fingerprint density at radius 2 is 2.00 bits per heavy atom. The van der Waals surface area contributed by atoms with E-state index >= 15 is 0 Å². The Kier molecular flexibility index (Phi) is 3.47. The van der Waals surface area contributed by atoms with Gasteiger partial charge < -0.3 is 16.2 Å². The summed E-state index contributed by atoms with van der Waals surface area (Å²) in [5.74, 6) is 0.876. The Labute approximate surface area is 105 Å². The molecular weight excluding hydrogens is 230 g/mol. The second kappa shape index (κ2) is 5.22. The van der Waals surface area contributed by atoms with Crippen molar-refractivity contribution in [1.29, 1.82) is 0 Å². The van der Waals surface area contributed by atoms with Gasteiger partial charge in [0.1, 0.15) is 5.75 Å². The largest absolute Gasteiger partial charge is 0.497 e. The molecule has 0 amide bonds. The van der Waals surface area contributed by atoms with Gasteiger partial charge in [0.15, 0.2) is 5.96 Å². The summed E-state index contributed by atoms with van der Waals surface area (Å²) in [5.41, 5.74) is 12.3. The average Bonchev–Trinajstić information content (AvgIpc) is 2.85. The molecule has 0 aliphatic heterocycles. The first-order chi connectivity index (χ1) is 8.69. The first kappa shape index (κ1) is 12.0. The van der Waals surface area contributed by atoms with Gasteiger partial charge in [-0.15, -0.1) is 0 Å². The molecule has 6 heteroatoms. The van der Waals surface area contributed by atoms with Crippen molar-refractivity contribution in [3.05, 3.63) is 42.2 Å². The molecule has 0 saturated heterocycles. The van der Waals surface area contributed by atoms with E-state index in [9.17, 15) is 0 Å². The van der Waals surface area contributed by atoms with Crippen molar-refractivity contribution in [2.45, 2.75) is 6.54 Å². The summed E-state index contributed by atoms with van der Waals surface area (Å²) in [5, 5.41) is 4.37. The van der Waals surface area contributed by atoms with E-state index in [1.54, 1.807) is 11.8 Å². The Bertz CT molecular complexity index is 540. The van der Waals surface area contributed by atoms with Crippen LogP contribution in [0.4, 0.5) is 0 Å². The van der Waals surface area contributed by atoms with Gasteiger partial charge in [0.25, 0.3) is 0 Å². The molecule has 94 valence electrons. The van der Waals surface area contributed by atoms with Gasteiger partial charge in [-0.05, 0) is 30.3 Å². The molecule has 6 nitrogen and oxygen atoms in total. The molecule has 0 radical (unpaired) electrons. The fourth-order valence-electron chi connectivity index (χ4n) is 1.50. The molecule has 0 aliphatic carbocycles. The van der Waals surface area contributed by atoms with Crippen molar-refractivity contribution in [3.63, 3.8) is 0 Å². The van der Waals surface area contributed by atoms with Crippen LogP contribution in [0.25, 0.3) is 5.69 Å². The third-order valence-corrected chi connectivity index (χ3v) is 2.40. The molecule has 0 saturated carbocycles. The van der Waals surface area contributed by atoms with Crippen LogP contribution >= 0.6 is 0 Å². The summed E-state index contributed by atoms with van der Waals surface area (Å²) in [6.45, 7) is 0.380. The molecule has 1 aromatic carbocycles. The van der Waals surface area contributed by atoms with Crippen molar-refractivity contribution < 1.29 is 4.74 Å². The highest BCUT2D eigenvalue weighted by atomic mass is 16.5. The lowest BCUT2D eigenvalue weighted by molar-refractivity contribution is 0.414. The standard InChI is InChI=1S/C12H15N5O/c1-18-11-4-2-10(3-5-11)17-7-6-9(16-17)8-15-12(13)14/h2-7H,8H2,1H3,(H4,13,14,15). The zero-order chi connectivity index (χ0) is 13.0. The van der Waals surface area contributed by atoms with Crippen molar-refractivity contribution in [3.8, 4) is 11.4 Å². The predicted molar refractivity (Wildman–Crippen MR) is 69.6 cm³/mol. The highest BCUT2D eigenvalue weighted by Gasteiger charge is 2.01. The SMILES string of the molecule is COc1ccc(-n2ccc(CN=C(N)N)n2)cc1. The molecular formula is C12H15N5O.